The monoisotopic (exact) mass is 699 g/mol. The summed E-state index contributed by atoms with van der Waals surface area (Å²) in [7, 11) is 0. The Labute approximate surface area is 191 Å². The van der Waals surface area contributed by atoms with Crippen LogP contribution in [0.2, 0.25) is 0 Å². The SMILES string of the molecule is CCN(C(C)=O)c1c(I)c(NC(C)=O)c(I)c(C(=O)OCC(N)=O)c1I. The van der Waals surface area contributed by atoms with Crippen LogP contribution in [-0.2, 0) is 19.1 Å². The average Bonchev–Trinajstić information content (AvgIpc) is 2.53. The van der Waals surface area contributed by atoms with E-state index in [2.05, 4.69) is 5.32 Å². The Morgan fingerprint density at radius 3 is 2.08 bits per heavy atom. The summed E-state index contributed by atoms with van der Waals surface area (Å²) in [6.07, 6.45) is 0. The highest BCUT2D eigenvalue weighted by molar-refractivity contribution is 14.1. The van der Waals surface area contributed by atoms with E-state index in [0.717, 1.165) is 0 Å². The second kappa shape index (κ2) is 10.0. The Morgan fingerprint density at radius 1 is 1.08 bits per heavy atom. The van der Waals surface area contributed by atoms with Crippen molar-refractivity contribution in [2.75, 3.05) is 23.4 Å². The van der Waals surface area contributed by atoms with Gasteiger partial charge < -0.3 is 20.7 Å². The number of hydrogen-bond donors (Lipinski definition) is 2. The van der Waals surface area contributed by atoms with Gasteiger partial charge in [0.25, 0.3) is 5.91 Å². The van der Waals surface area contributed by atoms with Crippen molar-refractivity contribution in [1.29, 1.82) is 0 Å². The van der Waals surface area contributed by atoms with Crippen LogP contribution in [0.15, 0.2) is 0 Å². The number of ether oxygens (including phenoxy) is 1. The average molecular weight is 699 g/mol. The number of hydrogen-bond acceptors (Lipinski definition) is 5. The fourth-order valence-electron chi connectivity index (χ4n) is 2.10. The molecule has 0 saturated carbocycles. The van der Waals surface area contributed by atoms with Gasteiger partial charge in [-0.1, -0.05) is 0 Å². The molecule has 1 aromatic carbocycles. The predicted octanol–water partition coefficient (Wildman–Crippen LogP) is 2.47. The molecule has 8 nitrogen and oxygen atoms in total. The molecule has 0 unspecified atom stereocenters. The molecule has 11 heteroatoms. The van der Waals surface area contributed by atoms with Gasteiger partial charge in [-0.3, -0.25) is 14.4 Å². The van der Waals surface area contributed by atoms with E-state index in [1.807, 2.05) is 67.8 Å². The van der Waals surface area contributed by atoms with Crippen LogP contribution in [0.5, 0.6) is 0 Å². The smallest absolute Gasteiger partial charge is 0.340 e. The van der Waals surface area contributed by atoms with Gasteiger partial charge in [0.2, 0.25) is 11.8 Å². The fraction of sp³-hybridized carbons (Fsp3) is 0.333. The van der Waals surface area contributed by atoms with Gasteiger partial charge in [-0.05, 0) is 74.7 Å². The van der Waals surface area contributed by atoms with E-state index in [9.17, 15) is 19.2 Å². The number of anilines is 2. The van der Waals surface area contributed by atoms with Crippen LogP contribution in [0.1, 0.15) is 31.1 Å². The number of carbonyl (C=O) groups excluding carboxylic acids is 4. The minimum Gasteiger partial charge on any atom is -0.452 e. The molecule has 26 heavy (non-hydrogen) atoms. The predicted molar refractivity (Wildman–Crippen MR) is 122 cm³/mol. The van der Waals surface area contributed by atoms with Gasteiger partial charge >= 0.3 is 5.97 Å². The molecule has 0 heterocycles. The topological polar surface area (TPSA) is 119 Å². The molecule has 0 fully saturated rings. The molecule has 0 aliphatic carbocycles. The molecule has 0 aliphatic heterocycles. The summed E-state index contributed by atoms with van der Waals surface area (Å²) in [6, 6.07) is 0. The zero-order valence-corrected chi connectivity index (χ0v) is 20.6. The van der Waals surface area contributed by atoms with Crippen molar-refractivity contribution in [2.45, 2.75) is 20.8 Å². The van der Waals surface area contributed by atoms with Crippen molar-refractivity contribution in [3.63, 3.8) is 0 Å². The van der Waals surface area contributed by atoms with Crippen molar-refractivity contribution in [3.8, 4) is 0 Å². The molecule has 0 radical (unpaired) electrons. The lowest BCUT2D eigenvalue weighted by Gasteiger charge is -2.26. The third-order valence-electron chi connectivity index (χ3n) is 3.11. The first-order valence-corrected chi connectivity index (χ1v) is 10.5. The first-order chi connectivity index (χ1) is 12.0. The molecule has 142 valence electrons. The first-order valence-electron chi connectivity index (χ1n) is 7.24. The largest absolute Gasteiger partial charge is 0.452 e. The summed E-state index contributed by atoms with van der Waals surface area (Å²) in [5.41, 5.74) is 6.08. The van der Waals surface area contributed by atoms with Crippen LogP contribution in [0.4, 0.5) is 11.4 Å². The molecule has 0 bridgehead atoms. The Hall–Kier alpha value is -0.710. The molecule has 0 saturated heterocycles. The molecular weight excluding hydrogens is 683 g/mol. The zero-order chi connectivity index (χ0) is 20.2. The maximum absolute atomic E-state index is 12.5. The number of nitrogens with one attached hydrogen (secondary N) is 1. The number of carbonyl (C=O) groups is 4. The lowest BCUT2D eigenvalue weighted by molar-refractivity contribution is -0.121. The molecule has 0 aromatic heterocycles. The van der Waals surface area contributed by atoms with Crippen molar-refractivity contribution >= 4 is 103 Å². The third-order valence-corrected chi connectivity index (χ3v) is 6.29. The number of halogens is 3. The number of nitrogens with two attached hydrogens (primary N) is 1. The van der Waals surface area contributed by atoms with E-state index in [1.165, 1.54) is 18.7 Å². The summed E-state index contributed by atoms with van der Waals surface area (Å²) >= 11 is 5.90. The summed E-state index contributed by atoms with van der Waals surface area (Å²) in [5, 5.41) is 2.69. The van der Waals surface area contributed by atoms with Crippen molar-refractivity contribution < 1.29 is 23.9 Å². The minimum atomic E-state index is -0.782. The lowest BCUT2D eigenvalue weighted by Crippen LogP contribution is -2.31. The molecule has 3 amide bonds. The number of rotatable bonds is 6. The molecule has 3 N–H and O–H groups in total. The minimum absolute atomic E-state index is 0.159. The van der Waals surface area contributed by atoms with Crippen molar-refractivity contribution in [1.82, 2.24) is 0 Å². The summed E-state index contributed by atoms with van der Waals surface area (Å²) in [4.78, 5) is 48.6. The maximum Gasteiger partial charge on any atom is 0.340 e. The number of esters is 1. The summed E-state index contributed by atoms with van der Waals surface area (Å²) in [5.74, 6) is -2.08. The lowest BCUT2D eigenvalue weighted by atomic mass is 10.1. The van der Waals surface area contributed by atoms with Gasteiger partial charge in [0.15, 0.2) is 6.61 Å². The van der Waals surface area contributed by atoms with Crippen LogP contribution in [0, 0.1) is 10.7 Å². The molecule has 0 aliphatic rings. The van der Waals surface area contributed by atoms with E-state index in [4.69, 9.17) is 10.5 Å². The number of amides is 3. The molecule has 0 atom stereocenters. The maximum atomic E-state index is 12.5. The number of benzene rings is 1. The highest BCUT2D eigenvalue weighted by atomic mass is 127. The number of primary amides is 1. The highest BCUT2D eigenvalue weighted by Crippen LogP contribution is 2.41. The van der Waals surface area contributed by atoms with Crippen LogP contribution in [0.3, 0.4) is 0 Å². The van der Waals surface area contributed by atoms with Crippen LogP contribution in [-0.4, -0.2) is 36.8 Å². The Balaban J connectivity index is 3.72. The van der Waals surface area contributed by atoms with E-state index < -0.39 is 18.5 Å². The zero-order valence-electron chi connectivity index (χ0n) is 14.1. The first kappa shape index (κ1) is 23.3. The van der Waals surface area contributed by atoms with Crippen molar-refractivity contribution in [2.24, 2.45) is 5.73 Å². The van der Waals surface area contributed by atoms with E-state index in [0.29, 0.717) is 28.6 Å². The van der Waals surface area contributed by atoms with Gasteiger partial charge in [0, 0.05) is 20.4 Å². The molecule has 0 spiro atoms. The van der Waals surface area contributed by atoms with Gasteiger partial charge in [-0.25, -0.2) is 4.79 Å². The molecular formula is C15H16I3N3O5. The van der Waals surface area contributed by atoms with Crippen LogP contribution in [0.25, 0.3) is 0 Å². The van der Waals surface area contributed by atoms with Gasteiger partial charge in [-0.2, -0.15) is 0 Å². The Kier molecular flexibility index (Phi) is 8.98. The Morgan fingerprint density at radius 2 is 1.65 bits per heavy atom. The fourth-order valence-corrected chi connectivity index (χ4v) is 6.56. The van der Waals surface area contributed by atoms with Gasteiger partial charge in [-0.15, -0.1) is 0 Å². The number of nitrogens with zero attached hydrogens (tertiary/aromatic N) is 1. The highest BCUT2D eigenvalue weighted by Gasteiger charge is 2.29. The van der Waals surface area contributed by atoms with E-state index in [1.54, 1.807) is 6.92 Å². The summed E-state index contributed by atoms with van der Waals surface area (Å²) in [6.45, 7) is 4.37. The van der Waals surface area contributed by atoms with Gasteiger partial charge in [0.1, 0.15) is 0 Å². The normalized spacial score (nSPS) is 10.2. The second-order valence-electron chi connectivity index (χ2n) is 5.03. The second-order valence-corrected chi connectivity index (χ2v) is 8.26. The van der Waals surface area contributed by atoms with E-state index >= 15 is 0 Å². The van der Waals surface area contributed by atoms with Gasteiger partial charge in [0.05, 0.1) is 27.6 Å². The van der Waals surface area contributed by atoms with Crippen LogP contribution < -0.4 is 16.0 Å². The standard InChI is InChI=1S/C15H16I3N3O5/c1-4-21(7(3)23)14-11(17)9(15(25)26-5-8(19)24)10(16)13(12(14)18)20-6(2)22/h4-5H2,1-3H3,(H2,19,24)(H,20,22). The summed E-state index contributed by atoms with van der Waals surface area (Å²) < 4.78 is 6.49. The van der Waals surface area contributed by atoms with Crippen LogP contribution >= 0.6 is 67.8 Å². The van der Waals surface area contributed by atoms with E-state index in [-0.39, 0.29) is 17.4 Å². The quantitative estimate of drug-likeness (QED) is 0.350. The third kappa shape index (κ3) is 5.40. The Bertz CT molecular complexity index is 783. The molecule has 1 rings (SSSR count). The molecule has 1 aromatic rings. The van der Waals surface area contributed by atoms with Crippen molar-refractivity contribution in [3.05, 3.63) is 16.3 Å².